The highest BCUT2D eigenvalue weighted by Gasteiger charge is 2.21. The Morgan fingerprint density at radius 1 is 1.33 bits per heavy atom. The van der Waals surface area contributed by atoms with Crippen molar-refractivity contribution in [1.29, 1.82) is 0 Å². The van der Waals surface area contributed by atoms with Gasteiger partial charge in [-0.05, 0) is 34.1 Å². The Labute approximate surface area is 121 Å². The van der Waals surface area contributed by atoms with E-state index in [2.05, 4.69) is 26.1 Å². The van der Waals surface area contributed by atoms with Gasteiger partial charge in [-0.25, -0.2) is 8.42 Å². The fraction of sp³-hybridized carbons (Fsp3) is 0.111. The van der Waals surface area contributed by atoms with Crippen LogP contribution in [0.15, 0.2) is 27.8 Å². The Bertz CT molecular complexity index is 715. The third kappa shape index (κ3) is 2.54. The number of rotatable bonds is 2. The predicted molar refractivity (Wildman–Crippen MR) is 72.2 cm³/mol. The van der Waals surface area contributed by atoms with E-state index < -0.39 is 9.05 Å². The summed E-state index contributed by atoms with van der Waals surface area (Å²) < 4.78 is 24.4. The topological polar surface area (TPSA) is 64.8 Å². The van der Waals surface area contributed by atoms with Gasteiger partial charge in [0.2, 0.25) is 0 Å². The average molecular weight is 371 g/mol. The SMILES string of the molecule is Cn1c(-c2ccc(Cl)c(Br)c2)nnc1S(=O)(=O)Cl. The summed E-state index contributed by atoms with van der Waals surface area (Å²) in [5.41, 5.74) is 0.674. The van der Waals surface area contributed by atoms with Gasteiger partial charge in [0.05, 0.1) is 5.02 Å². The first-order valence-electron chi connectivity index (χ1n) is 4.60. The third-order valence-corrected chi connectivity index (χ3v) is 4.65. The highest BCUT2D eigenvalue weighted by Crippen LogP contribution is 2.28. The van der Waals surface area contributed by atoms with Crippen molar-refractivity contribution in [2.24, 2.45) is 7.05 Å². The molecule has 1 aromatic carbocycles. The molecule has 0 fully saturated rings. The summed E-state index contributed by atoms with van der Waals surface area (Å²) in [6.07, 6.45) is 0. The molecule has 96 valence electrons. The van der Waals surface area contributed by atoms with E-state index in [1.165, 1.54) is 11.6 Å². The van der Waals surface area contributed by atoms with Crippen molar-refractivity contribution in [3.63, 3.8) is 0 Å². The molecule has 0 radical (unpaired) electrons. The highest BCUT2D eigenvalue weighted by atomic mass is 79.9. The van der Waals surface area contributed by atoms with Crippen molar-refractivity contribution < 1.29 is 8.42 Å². The fourth-order valence-electron chi connectivity index (χ4n) is 1.41. The first-order chi connectivity index (χ1) is 8.30. The van der Waals surface area contributed by atoms with Crippen LogP contribution < -0.4 is 0 Å². The quantitative estimate of drug-likeness (QED) is 0.762. The minimum atomic E-state index is -3.92. The second-order valence-corrected chi connectivity index (χ2v) is 7.15. The molecule has 0 N–H and O–H groups in total. The van der Waals surface area contributed by atoms with E-state index in [-0.39, 0.29) is 5.16 Å². The Hall–Kier alpha value is -0.630. The number of nitrogens with zero attached hydrogens (tertiary/aromatic N) is 3. The van der Waals surface area contributed by atoms with E-state index in [1.54, 1.807) is 18.2 Å². The van der Waals surface area contributed by atoms with Crippen molar-refractivity contribution in [2.75, 3.05) is 0 Å². The molecule has 0 atom stereocenters. The van der Waals surface area contributed by atoms with Gasteiger partial charge >= 0.3 is 0 Å². The molecule has 2 rings (SSSR count). The zero-order valence-corrected chi connectivity index (χ0v) is 12.8. The summed E-state index contributed by atoms with van der Waals surface area (Å²) in [6.45, 7) is 0. The Morgan fingerprint density at radius 2 is 2.00 bits per heavy atom. The molecule has 0 aliphatic rings. The summed E-state index contributed by atoms with van der Waals surface area (Å²) in [5.74, 6) is 0.381. The standard InChI is InChI=1S/C9H6BrCl2N3O2S/c1-15-8(13-14-9(15)18(12,16)17)5-2-3-7(11)6(10)4-5/h2-4H,1H3. The van der Waals surface area contributed by atoms with Crippen LogP contribution in [0.4, 0.5) is 0 Å². The maximum absolute atomic E-state index is 11.2. The summed E-state index contributed by atoms with van der Waals surface area (Å²) in [6, 6.07) is 5.10. The second kappa shape index (κ2) is 4.80. The zero-order valence-electron chi connectivity index (χ0n) is 8.93. The molecule has 0 aliphatic heterocycles. The summed E-state index contributed by atoms with van der Waals surface area (Å²) >= 11 is 9.16. The van der Waals surface area contributed by atoms with Crippen LogP contribution in [-0.4, -0.2) is 23.2 Å². The first kappa shape index (κ1) is 13.8. The Kier molecular flexibility index (Phi) is 3.68. The van der Waals surface area contributed by atoms with Crippen LogP contribution in [0, 0.1) is 0 Å². The lowest BCUT2D eigenvalue weighted by atomic mass is 10.2. The molecule has 0 saturated heterocycles. The number of halogens is 3. The fourth-order valence-corrected chi connectivity index (χ4v) is 2.87. The molecule has 9 heteroatoms. The van der Waals surface area contributed by atoms with Gasteiger partial charge < -0.3 is 0 Å². The van der Waals surface area contributed by atoms with E-state index in [4.69, 9.17) is 22.3 Å². The van der Waals surface area contributed by atoms with Crippen LogP contribution in [0.1, 0.15) is 0 Å². The lowest BCUT2D eigenvalue weighted by Crippen LogP contribution is -2.02. The maximum Gasteiger partial charge on any atom is 0.296 e. The van der Waals surface area contributed by atoms with Crippen molar-refractivity contribution in [3.8, 4) is 11.4 Å². The van der Waals surface area contributed by atoms with Gasteiger partial charge in [0.15, 0.2) is 5.82 Å². The summed E-state index contributed by atoms with van der Waals surface area (Å²) in [5, 5.41) is 7.62. The highest BCUT2D eigenvalue weighted by molar-refractivity contribution is 9.10. The normalized spacial score (nSPS) is 11.8. The molecule has 0 saturated carbocycles. The molecule has 0 spiro atoms. The Balaban J connectivity index is 2.59. The number of benzene rings is 1. The van der Waals surface area contributed by atoms with Crippen LogP contribution in [-0.2, 0) is 16.1 Å². The minimum Gasteiger partial charge on any atom is -0.300 e. The second-order valence-electron chi connectivity index (χ2n) is 3.43. The lowest BCUT2D eigenvalue weighted by Gasteiger charge is -2.03. The van der Waals surface area contributed by atoms with E-state index in [9.17, 15) is 8.42 Å². The Morgan fingerprint density at radius 3 is 2.50 bits per heavy atom. The molecule has 0 aliphatic carbocycles. The van der Waals surface area contributed by atoms with Gasteiger partial charge in [-0.3, -0.25) is 4.57 Å². The van der Waals surface area contributed by atoms with E-state index >= 15 is 0 Å². The largest absolute Gasteiger partial charge is 0.300 e. The van der Waals surface area contributed by atoms with Crippen LogP contribution in [0.2, 0.25) is 5.02 Å². The zero-order chi connectivity index (χ0) is 13.5. The molecule has 1 aromatic heterocycles. The van der Waals surface area contributed by atoms with Gasteiger partial charge in [-0.1, -0.05) is 11.6 Å². The number of hydrogen-bond donors (Lipinski definition) is 0. The van der Waals surface area contributed by atoms with Gasteiger partial charge in [-0.2, -0.15) is 0 Å². The monoisotopic (exact) mass is 369 g/mol. The van der Waals surface area contributed by atoms with Crippen molar-refractivity contribution in [3.05, 3.63) is 27.7 Å². The smallest absolute Gasteiger partial charge is 0.296 e. The van der Waals surface area contributed by atoms with Crippen LogP contribution in [0.3, 0.4) is 0 Å². The molecule has 1 heterocycles. The predicted octanol–water partition coefficient (Wildman–Crippen LogP) is 2.83. The summed E-state index contributed by atoms with van der Waals surface area (Å²) in [4.78, 5) is 0. The van der Waals surface area contributed by atoms with Crippen molar-refractivity contribution >= 4 is 47.3 Å². The van der Waals surface area contributed by atoms with Gasteiger partial charge in [0.25, 0.3) is 14.2 Å². The van der Waals surface area contributed by atoms with E-state index in [1.807, 2.05) is 0 Å². The average Bonchev–Trinajstić information content (AvgIpc) is 2.64. The first-order valence-corrected chi connectivity index (χ1v) is 8.08. The van der Waals surface area contributed by atoms with Gasteiger partial charge in [0, 0.05) is 27.8 Å². The third-order valence-electron chi connectivity index (χ3n) is 2.23. The van der Waals surface area contributed by atoms with E-state index in [0.717, 1.165) is 0 Å². The van der Waals surface area contributed by atoms with Gasteiger partial charge in [0.1, 0.15) is 0 Å². The van der Waals surface area contributed by atoms with Crippen LogP contribution in [0.25, 0.3) is 11.4 Å². The molecule has 0 amide bonds. The van der Waals surface area contributed by atoms with Crippen LogP contribution in [0.5, 0.6) is 0 Å². The van der Waals surface area contributed by atoms with Gasteiger partial charge in [-0.15, -0.1) is 10.2 Å². The number of aromatic nitrogens is 3. The molecule has 0 bridgehead atoms. The maximum atomic E-state index is 11.2. The van der Waals surface area contributed by atoms with E-state index in [0.29, 0.717) is 20.9 Å². The lowest BCUT2D eigenvalue weighted by molar-refractivity contribution is 0.593. The molecular formula is C9H6BrCl2N3O2S. The molecule has 5 nitrogen and oxygen atoms in total. The molecule has 0 unspecified atom stereocenters. The van der Waals surface area contributed by atoms with Crippen molar-refractivity contribution in [1.82, 2.24) is 14.8 Å². The van der Waals surface area contributed by atoms with Crippen LogP contribution >= 0.6 is 38.2 Å². The molecule has 18 heavy (non-hydrogen) atoms. The molecular weight excluding hydrogens is 365 g/mol. The van der Waals surface area contributed by atoms with Crippen molar-refractivity contribution in [2.45, 2.75) is 5.16 Å². The number of hydrogen-bond acceptors (Lipinski definition) is 4. The minimum absolute atomic E-state index is 0.301. The summed E-state index contributed by atoms with van der Waals surface area (Å²) in [7, 11) is 2.85. The molecule has 2 aromatic rings.